The molecule has 150 valence electrons. The van der Waals surface area contributed by atoms with Crippen LogP contribution < -0.4 is 9.64 Å². The molecule has 4 rings (SSSR count). The molecule has 0 atom stereocenters. The zero-order valence-electron chi connectivity index (χ0n) is 16.2. The molecule has 0 spiro atoms. The summed E-state index contributed by atoms with van der Waals surface area (Å²) in [6.45, 7) is 1.48. The number of amides is 1. The van der Waals surface area contributed by atoms with Crippen molar-refractivity contribution in [3.63, 3.8) is 0 Å². The zero-order chi connectivity index (χ0) is 21.1. The van der Waals surface area contributed by atoms with Crippen LogP contribution in [-0.2, 0) is 14.3 Å². The molecule has 0 saturated carbocycles. The van der Waals surface area contributed by atoms with Crippen LogP contribution in [0.3, 0.4) is 0 Å². The van der Waals surface area contributed by atoms with E-state index in [1.807, 2.05) is 30.3 Å². The normalized spacial score (nSPS) is 14.4. The molecule has 0 bridgehead atoms. The first kappa shape index (κ1) is 19.5. The molecule has 0 unspecified atom stereocenters. The van der Waals surface area contributed by atoms with E-state index in [4.69, 9.17) is 9.47 Å². The van der Waals surface area contributed by atoms with Gasteiger partial charge in [0, 0.05) is 17.9 Å². The van der Waals surface area contributed by atoms with Crippen LogP contribution in [0.15, 0.2) is 70.7 Å². The first-order valence-corrected chi connectivity index (χ1v) is 9.91. The van der Waals surface area contributed by atoms with Crippen molar-refractivity contribution in [1.82, 2.24) is 4.98 Å². The van der Waals surface area contributed by atoms with Crippen LogP contribution in [0.1, 0.15) is 18.2 Å². The van der Waals surface area contributed by atoms with Gasteiger partial charge in [-0.1, -0.05) is 24.3 Å². The number of hydrogen-bond acceptors (Lipinski definition) is 7. The van der Waals surface area contributed by atoms with Gasteiger partial charge in [-0.15, -0.1) is 11.3 Å². The van der Waals surface area contributed by atoms with Gasteiger partial charge in [0.25, 0.3) is 0 Å². The lowest BCUT2D eigenvalue weighted by molar-refractivity contribution is -0.130. The number of rotatable bonds is 5. The van der Waals surface area contributed by atoms with Crippen molar-refractivity contribution in [3.8, 4) is 5.75 Å². The Morgan fingerprint density at radius 3 is 2.70 bits per heavy atom. The van der Waals surface area contributed by atoms with Gasteiger partial charge in [0.1, 0.15) is 5.75 Å². The van der Waals surface area contributed by atoms with E-state index < -0.39 is 5.97 Å². The molecule has 3 aromatic rings. The van der Waals surface area contributed by atoms with E-state index in [0.29, 0.717) is 22.1 Å². The van der Waals surface area contributed by atoms with Crippen molar-refractivity contribution in [1.29, 1.82) is 0 Å². The molecule has 1 aromatic heterocycles. The fourth-order valence-corrected chi connectivity index (χ4v) is 3.72. The maximum absolute atomic E-state index is 12.3. The van der Waals surface area contributed by atoms with Crippen LogP contribution >= 0.6 is 11.3 Å². The van der Waals surface area contributed by atoms with Gasteiger partial charge < -0.3 is 9.47 Å². The zero-order valence-corrected chi connectivity index (χ0v) is 17.1. The lowest BCUT2D eigenvalue weighted by atomic mass is 10.2. The van der Waals surface area contributed by atoms with Gasteiger partial charge >= 0.3 is 5.97 Å². The van der Waals surface area contributed by atoms with E-state index in [9.17, 15) is 9.59 Å². The van der Waals surface area contributed by atoms with Gasteiger partial charge in [-0.25, -0.2) is 14.8 Å². The van der Waals surface area contributed by atoms with Gasteiger partial charge in [-0.3, -0.25) is 9.69 Å². The van der Waals surface area contributed by atoms with Crippen molar-refractivity contribution >= 4 is 46.0 Å². The largest absolute Gasteiger partial charge is 0.497 e. The number of aromatic nitrogens is 1. The summed E-state index contributed by atoms with van der Waals surface area (Å²) in [5.74, 6) is 0.121. The Bertz CT molecular complexity index is 1170. The molecular weight excluding hydrogens is 402 g/mol. The van der Waals surface area contributed by atoms with Crippen molar-refractivity contribution in [2.24, 2.45) is 4.99 Å². The number of cyclic esters (lactones) is 1. The molecule has 0 fully saturated rings. The van der Waals surface area contributed by atoms with Crippen molar-refractivity contribution in [2.75, 3.05) is 12.0 Å². The number of carbonyl (C=O) groups is 2. The fourth-order valence-electron chi connectivity index (χ4n) is 2.88. The maximum Gasteiger partial charge on any atom is 0.363 e. The molecule has 1 amide bonds. The van der Waals surface area contributed by atoms with Crippen LogP contribution in [0.25, 0.3) is 6.08 Å². The van der Waals surface area contributed by atoms with Gasteiger partial charge in [-0.2, -0.15) is 0 Å². The van der Waals surface area contributed by atoms with Gasteiger partial charge in [0.15, 0.2) is 10.8 Å². The minimum absolute atomic E-state index is 0.138. The minimum Gasteiger partial charge on any atom is -0.497 e. The van der Waals surface area contributed by atoms with E-state index in [1.165, 1.54) is 23.2 Å². The predicted molar refractivity (Wildman–Crippen MR) is 115 cm³/mol. The number of esters is 1. The van der Waals surface area contributed by atoms with E-state index in [2.05, 4.69) is 9.98 Å². The first-order valence-electron chi connectivity index (χ1n) is 9.03. The summed E-state index contributed by atoms with van der Waals surface area (Å²) < 4.78 is 10.5. The third-order valence-corrected chi connectivity index (χ3v) is 5.10. The van der Waals surface area contributed by atoms with Gasteiger partial charge in [0.2, 0.25) is 11.8 Å². The number of nitrogens with zero attached hydrogens (tertiary/aromatic N) is 3. The second kappa shape index (κ2) is 8.30. The van der Waals surface area contributed by atoms with Crippen LogP contribution in [0.4, 0.5) is 10.8 Å². The fraction of sp³-hybridized carbons (Fsp3) is 0.0909. The average Bonchev–Trinajstić information content (AvgIpc) is 3.36. The standard InChI is InChI=1S/C22H17N3O4S/c1-14(26)25(17-8-4-3-5-9-17)22-23-16(13-30-22)12-19-21(27)29-20(24-19)15-7-6-10-18(11-15)28-2/h3-13H,1-2H3. The Balaban J connectivity index is 1.62. The topological polar surface area (TPSA) is 81.1 Å². The van der Waals surface area contributed by atoms with E-state index in [1.54, 1.807) is 42.8 Å². The number of carbonyl (C=O) groups excluding carboxylic acids is 2. The van der Waals surface area contributed by atoms with Crippen molar-refractivity contribution in [2.45, 2.75) is 6.92 Å². The van der Waals surface area contributed by atoms with Crippen LogP contribution in [0.2, 0.25) is 0 Å². The molecular formula is C22H17N3O4S. The molecule has 8 heteroatoms. The molecule has 0 saturated heterocycles. The first-order chi connectivity index (χ1) is 14.5. The molecule has 0 radical (unpaired) electrons. The highest BCUT2D eigenvalue weighted by Gasteiger charge is 2.25. The van der Waals surface area contributed by atoms with Crippen LogP contribution in [0.5, 0.6) is 5.75 Å². The number of aliphatic imine (C=N–C) groups is 1. The molecule has 2 aromatic carbocycles. The number of hydrogen-bond donors (Lipinski definition) is 0. The lowest BCUT2D eigenvalue weighted by Crippen LogP contribution is -2.22. The van der Waals surface area contributed by atoms with Gasteiger partial charge in [0.05, 0.1) is 18.5 Å². The van der Waals surface area contributed by atoms with E-state index in [0.717, 1.165) is 5.69 Å². The highest BCUT2D eigenvalue weighted by Crippen LogP contribution is 2.30. The Labute approximate surface area is 176 Å². The number of ether oxygens (including phenoxy) is 2. The molecule has 0 aliphatic carbocycles. The highest BCUT2D eigenvalue weighted by atomic mass is 32.1. The summed E-state index contributed by atoms with van der Waals surface area (Å²) in [4.78, 5) is 34.7. The molecule has 7 nitrogen and oxygen atoms in total. The summed E-state index contributed by atoms with van der Waals surface area (Å²) in [6, 6.07) is 16.4. The molecule has 0 N–H and O–H groups in total. The third kappa shape index (κ3) is 3.99. The number of methoxy groups -OCH3 is 1. The number of benzene rings is 2. The number of thiazole rings is 1. The lowest BCUT2D eigenvalue weighted by Gasteiger charge is -2.17. The molecule has 30 heavy (non-hydrogen) atoms. The van der Waals surface area contributed by atoms with Crippen molar-refractivity contribution in [3.05, 3.63) is 76.9 Å². The Hall–Kier alpha value is -3.78. The maximum atomic E-state index is 12.3. The molecule has 2 heterocycles. The van der Waals surface area contributed by atoms with Gasteiger partial charge in [-0.05, 0) is 36.4 Å². The third-order valence-electron chi connectivity index (χ3n) is 4.25. The molecule has 1 aliphatic rings. The Morgan fingerprint density at radius 1 is 1.17 bits per heavy atom. The number of para-hydroxylation sites is 1. The predicted octanol–water partition coefficient (Wildman–Crippen LogP) is 4.18. The monoisotopic (exact) mass is 419 g/mol. The summed E-state index contributed by atoms with van der Waals surface area (Å²) in [5, 5.41) is 2.26. The second-order valence-electron chi connectivity index (χ2n) is 6.31. The second-order valence-corrected chi connectivity index (χ2v) is 7.15. The van der Waals surface area contributed by atoms with Crippen LogP contribution in [0, 0.1) is 0 Å². The van der Waals surface area contributed by atoms with E-state index >= 15 is 0 Å². The summed E-state index contributed by atoms with van der Waals surface area (Å²) in [7, 11) is 1.56. The Kier molecular flexibility index (Phi) is 5.40. The number of anilines is 2. The minimum atomic E-state index is -0.561. The Morgan fingerprint density at radius 2 is 1.97 bits per heavy atom. The SMILES string of the molecule is COc1cccc(C2=NC(=Cc3csc(N(C(C)=O)c4ccccc4)n3)C(=O)O2)c1. The average molecular weight is 419 g/mol. The summed E-state index contributed by atoms with van der Waals surface area (Å²) >= 11 is 1.30. The smallest absolute Gasteiger partial charge is 0.363 e. The van der Waals surface area contributed by atoms with Crippen molar-refractivity contribution < 1.29 is 19.1 Å². The summed E-state index contributed by atoms with van der Waals surface area (Å²) in [6.07, 6.45) is 1.54. The summed E-state index contributed by atoms with van der Waals surface area (Å²) in [5.41, 5.74) is 2.01. The highest BCUT2D eigenvalue weighted by molar-refractivity contribution is 7.14. The quantitative estimate of drug-likeness (QED) is 0.458. The van der Waals surface area contributed by atoms with Crippen LogP contribution in [-0.4, -0.2) is 29.9 Å². The van der Waals surface area contributed by atoms with E-state index in [-0.39, 0.29) is 17.5 Å². The molecule has 1 aliphatic heterocycles.